The zero-order chi connectivity index (χ0) is 10.7. The van der Waals surface area contributed by atoms with E-state index < -0.39 is 11.9 Å². The maximum atomic E-state index is 11.4. The molecule has 14 heavy (non-hydrogen) atoms. The van der Waals surface area contributed by atoms with E-state index in [0.29, 0.717) is 5.56 Å². The first-order valence-electron chi connectivity index (χ1n) is 4.31. The van der Waals surface area contributed by atoms with Crippen LogP contribution in [0.15, 0.2) is 18.2 Å². The first-order valence-corrected chi connectivity index (χ1v) is 4.31. The first kappa shape index (κ1) is 10.4. The average molecular weight is 192 g/mol. The van der Waals surface area contributed by atoms with Crippen molar-refractivity contribution in [2.75, 3.05) is 0 Å². The van der Waals surface area contributed by atoms with E-state index in [2.05, 4.69) is 4.74 Å². The second kappa shape index (κ2) is 4.05. The zero-order valence-corrected chi connectivity index (χ0v) is 8.46. The Kier molecular flexibility index (Phi) is 3.02. The highest BCUT2D eigenvalue weighted by Crippen LogP contribution is 2.13. The van der Waals surface area contributed by atoms with Crippen LogP contribution in [0.3, 0.4) is 0 Å². The van der Waals surface area contributed by atoms with Crippen LogP contribution in [0.1, 0.15) is 28.4 Å². The van der Waals surface area contributed by atoms with Gasteiger partial charge in [0.1, 0.15) is 0 Å². The minimum atomic E-state index is -0.587. The van der Waals surface area contributed by atoms with E-state index >= 15 is 0 Å². The summed E-state index contributed by atoms with van der Waals surface area (Å²) in [5.41, 5.74) is 2.29. The van der Waals surface area contributed by atoms with Gasteiger partial charge in [-0.25, -0.2) is 4.79 Å². The molecule has 0 aliphatic carbocycles. The number of carbonyl (C=O) groups excluding carboxylic acids is 2. The molecule has 0 atom stereocenters. The van der Waals surface area contributed by atoms with E-state index in [0.717, 1.165) is 11.1 Å². The van der Waals surface area contributed by atoms with Crippen molar-refractivity contribution in [3.8, 4) is 0 Å². The molecule has 1 aromatic carbocycles. The molecule has 0 bridgehead atoms. The smallest absolute Gasteiger partial charge is 0.346 e. The molecule has 1 rings (SSSR count). The molecular formula is C11H12O3. The molecule has 0 aromatic heterocycles. The topological polar surface area (TPSA) is 43.4 Å². The lowest BCUT2D eigenvalue weighted by atomic mass is 10.0. The van der Waals surface area contributed by atoms with E-state index in [-0.39, 0.29) is 0 Å². The van der Waals surface area contributed by atoms with Crippen LogP contribution < -0.4 is 0 Å². The van der Waals surface area contributed by atoms with Gasteiger partial charge in [0, 0.05) is 6.92 Å². The lowest BCUT2D eigenvalue weighted by Crippen LogP contribution is -2.11. The Bertz CT molecular complexity index is 380. The highest BCUT2D eigenvalue weighted by molar-refractivity contribution is 5.97. The van der Waals surface area contributed by atoms with Gasteiger partial charge in [0.05, 0.1) is 5.56 Å². The lowest BCUT2D eigenvalue weighted by Gasteiger charge is -2.05. The molecule has 0 amide bonds. The van der Waals surface area contributed by atoms with Crippen LogP contribution >= 0.6 is 0 Å². The molecule has 74 valence electrons. The minimum absolute atomic E-state index is 0.445. The minimum Gasteiger partial charge on any atom is -0.390 e. The summed E-state index contributed by atoms with van der Waals surface area (Å²) in [5, 5.41) is 0. The number of esters is 2. The number of ether oxygens (including phenoxy) is 1. The average Bonchev–Trinajstić information content (AvgIpc) is 2.08. The molecule has 3 nitrogen and oxygen atoms in total. The Labute approximate surface area is 82.7 Å². The molecule has 0 saturated carbocycles. The molecular weight excluding hydrogens is 180 g/mol. The maximum absolute atomic E-state index is 11.4. The summed E-state index contributed by atoms with van der Waals surface area (Å²) in [4.78, 5) is 22.0. The molecule has 0 N–H and O–H groups in total. The van der Waals surface area contributed by atoms with Crippen molar-refractivity contribution in [3.05, 3.63) is 34.9 Å². The second-order valence-corrected chi connectivity index (χ2v) is 3.13. The van der Waals surface area contributed by atoms with Crippen LogP contribution in [-0.2, 0) is 9.53 Å². The van der Waals surface area contributed by atoms with Crippen molar-refractivity contribution in [1.29, 1.82) is 0 Å². The van der Waals surface area contributed by atoms with Crippen LogP contribution in [0.2, 0.25) is 0 Å². The largest absolute Gasteiger partial charge is 0.390 e. The second-order valence-electron chi connectivity index (χ2n) is 3.13. The third kappa shape index (κ3) is 2.19. The van der Waals surface area contributed by atoms with Crippen molar-refractivity contribution >= 4 is 11.9 Å². The summed E-state index contributed by atoms with van der Waals surface area (Å²) >= 11 is 0. The number of benzene rings is 1. The lowest BCUT2D eigenvalue weighted by molar-refractivity contribution is -0.135. The summed E-state index contributed by atoms with van der Waals surface area (Å²) in [6.07, 6.45) is 0. The standard InChI is InChI=1S/C11H12O3/c1-7-5-4-6-10(8(7)2)11(13)14-9(3)12/h4-6H,1-3H3. The van der Waals surface area contributed by atoms with Gasteiger partial charge in [0.2, 0.25) is 0 Å². The van der Waals surface area contributed by atoms with Gasteiger partial charge in [-0.2, -0.15) is 0 Å². The molecule has 0 radical (unpaired) electrons. The number of rotatable bonds is 1. The van der Waals surface area contributed by atoms with Crippen LogP contribution in [0.25, 0.3) is 0 Å². The van der Waals surface area contributed by atoms with Gasteiger partial charge in [0.25, 0.3) is 0 Å². The summed E-state index contributed by atoms with van der Waals surface area (Å²) in [6.45, 7) is 4.94. The Morgan fingerprint density at radius 3 is 2.43 bits per heavy atom. The molecule has 0 aliphatic rings. The summed E-state index contributed by atoms with van der Waals surface area (Å²) in [7, 11) is 0. The van der Waals surface area contributed by atoms with Crippen LogP contribution in [0, 0.1) is 13.8 Å². The maximum Gasteiger partial charge on any atom is 0.346 e. The van der Waals surface area contributed by atoms with Gasteiger partial charge in [-0.3, -0.25) is 4.79 Å². The Hall–Kier alpha value is -1.64. The van der Waals surface area contributed by atoms with Gasteiger partial charge < -0.3 is 4.74 Å². The van der Waals surface area contributed by atoms with Gasteiger partial charge in [0.15, 0.2) is 0 Å². The monoisotopic (exact) mass is 192 g/mol. The molecule has 1 aromatic rings. The number of hydrogen-bond donors (Lipinski definition) is 0. The number of hydrogen-bond acceptors (Lipinski definition) is 3. The van der Waals surface area contributed by atoms with Gasteiger partial charge >= 0.3 is 11.9 Å². The fourth-order valence-electron chi connectivity index (χ4n) is 1.16. The van der Waals surface area contributed by atoms with E-state index in [1.807, 2.05) is 19.9 Å². The highest BCUT2D eigenvalue weighted by atomic mass is 16.6. The first-order chi connectivity index (χ1) is 6.52. The van der Waals surface area contributed by atoms with E-state index in [4.69, 9.17) is 0 Å². The third-order valence-electron chi connectivity index (χ3n) is 2.06. The summed E-state index contributed by atoms with van der Waals surface area (Å²) < 4.78 is 4.49. The van der Waals surface area contributed by atoms with Gasteiger partial charge in [-0.1, -0.05) is 12.1 Å². The van der Waals surface area contributed by atoms with E-state index in [1.165, 1.54) is 6.92 Å². The Balaban J connectivity index is 3.01. The number of carbonyl (C=O) groups is 2. The molecule has 0 saturated heterocycles. The fourth-order valence-corrected chi connectivity index (χ4v) is 1.16. The predicted octanol–water partition coefficient (Wildman–Crippen LogP) is 2.01. The van der Waals surface area contributed by atoms with Crippen molar-refractivity contribution in [2.45, 2.75) is 20.8 Å². The fraction of sp³-hybridized carbons (Fsp3) is 0.273. The Morgan fingerprint density at radius 1 is 1.21 bits per heavy atom. The normalized spacial score (nSPS) is 9.64. The zero-order valence-electron chi connectivity index (χ0n) is 8.46. The van der Waals surface area contributed by atoms with Crippen molar-refractivity contribution in [3.63, 3.8) is 0 Å². The Morgan fingerprint density at radius 2 is 1.86 bits per heavy atom. The van der Waals surface area contributed by atoms with E-state index in [9.17, 15) is 9.59 Å². The molecule has 0 aliphatic heterocycles. The number of aryl methyl sites for hydroxylation is 1. The molecule has 0 unspecified atom stereocenters. The molecule has 0 spiro atoms. The van der Waals surface area contributed by atoms with Crippen LogP contribution in [0.5, 0.6) is 0 Å². The molecule has 0 heterocycles. The van der Waals surface area contributed by atoms with Crippen LogP contribution in [0.4, 0.5) is 0 Å². The SMILES string of the molecule is CC(=O)OC(=O)c1cccc(C)c1C. The quantitative estimate of drug-likeness (QED) is 0.505. The van der Waals surface area contributed by atoms with Crippen LogP contribution in [-0.4, -0.2) is 11.9 Å². The summed E-state index contributed by atoms with van der Waals surface area (Å²) in [6, 6.07) is 5.31. The van der Waals surface area contributed by atoms with Crippen molar-refractivity contribution in [1.82, 2.24) is 0 Å². The van der Waals surface area contributed by atoms with Crippen molar-refractivity contribution < 1.29 is 14.3 Å². The van der Waals surface area contributed by atoms with Gasteiger partial charge in [-0.15, -0.1) is 0 Å². The van der Waals surface area contributed by atoms with Crippen molar-refractivity contribution in [2.24, 2.45) is 0 Å². The summed E-state index contributed by atoms with van der Waals surface area (Å²) in [5.74, 6) is -1.17. The van der Waals surface area contributed by atoms with E-state index in [1.54, 1.807) is 12.1 Å². The third-order valence-corrected chi connectivity index (χ3v) is 2.06. The predicted molar refractivity (Wildman–Crippen MR) is 52.0 cm³/mol. The molecule has 0 fully saturated rings. The molecule has 3 heteroatoms. The highest BCUT2D eigenvalue weighted by Gasteiger charge is 2.12. The van der Waals surface area contributed by atoms with Gasteiger partial charge in [-0.05, 0) is 31.0 Å².